The Hall–Kier alpha value is -3.31. The van der Waals surface area contributed by atoms with Gasteiger partial charge in [0.1, 0.15) is 17.9 Å². The second-order valence-corrected chi connectivity index (χ2v) is 11.8. The summed E-state index contributed by atoms with van der Waals surface area (Å²) in [6.07, 6.45) is 3.74. The van der Waals surface area contributed by atoms with Crippen molar-refractivity contribution in [3.8, 4) is 22.5 Å². The van der Waals surface area contributed by atoms with Crippen LogP contribution in [-0.4, -0.2) is 80.1 Å². The molecular weight excluding hydrogens is 502 g/mol. The van der Waals surface area contributed by atoms with Crippen molar-refractivity contribution < 1.29 is 17.6 Å². The molecule has 9 nitrogen and oxygen atoms in total. The highest BCUT2D eigenvalue weighted by molar-refractivity contribution is 7.89. The minimum atomic E-state index is -3.56. The van der Waals surface area contributed by atoms with Crippen LogP contribution in [0.1, 0.15) is 12.8 Å². The molecule has 0 saturated carbocycles. The lowest BCUT2D eigenvalue weighted by Gasteiger charge is -2.31. The summed E-state index contributed by atoms with van der Waals surface area (Å²) in [4.78, 5) is 11.4. The van der Waals surface area contributed by atoms with Crippen molar-refractivity contribution in [2.24, 2.45) is 0 Å². The minimum Gasteiger partial charge on any atom is -0.437 e. The van der Waals surface area contributed by atoms with E-state index in [1.165, 1.54) is 6.33 Å². The number of hydrogen-bond acceptors (Lipinski definition) is 8. The number of nitrogens with one attached hydrogen (secondary N) is 1. The van der Waals surface area contributed by atoms with Gasteiger partial charge in [0.15, 0.2) is 0 Å². The van der Waals surface area contributed by atoms with E-state index in [0.717, 1.165) is 54.6 Å². The number of fused-ring (bicyclic) bond motifs is 1. The van der Waals surface area contributed by atoms with Crippen LogP contribution in [-0.2, 0) is 14.8 Å². The van der Waals surface area contributed by atoms with Crippen LogP contribution in [0.2, 0.25) is 0 Å². The van der Waals surface area contributed by atoms with Gasteiger partial charge in [0.25, 0.3) is 0 Å². The normalized spacial score (nSPS) is 19.2. The molecule has 1 unspecified atom stereocenters. The zero-order chi connectivity index (χ0) is 26.1. The molecule has 2 aliphatic rings. The smallest absolute Gasteiger partial charge is 0.243 e. The molecule has 198 valence electrons. The molecule has 2 saturated heterocycles. The predicted molar refractivity (Wildman–Crippen MR) is 146 cm³/mol. The van der Waals surface area contributed by atoms with E-state index >= 15 is 0 Å². The molecular formula is C28H31N5O4S. The molecule has 2 fully saturated rings. The molecule has 4 aromatic rings. The monoisotopic (exact) mass is 533 g/mol. The first-order chi connectivity index (χ1) is 18.5. The third kappa shape index (κ3) is 4.80. The quantitative estimate of drug-likeness (QED) is 0.379. The standard InChI is InChI=1S/C28H31N5O4S/c1-32-13-15-33(16-14-32)38(34,35)23-11-9-21(10-12-23)26-24(20-6-3-2-4-7-20)25-27(30-19-31-28(25)37-26)29-18-22-8-5-17-36-22/h2-4,6-7,9-12,19,22H,5,8,13-18H2,1H3,(H,29,30,31). The Balaban J connectivity index is 1.39. The zero-order valence-corrected chi connectivity index (χ0v) is 22.2. The van der Waals surface area contributed by atoms with Crippen LogP contribution in [0.3, 0.4) is 0 Å². The molecule has 38 heavy (non-hydrogen) atoms. The summed E-state index contributed by atoms with van der Waals surface area (Å²) in [7, 11) is -1.56. The summed E-state index contributed by atoms with van der Waals surface area (Å²) in [5.41, 5.74) is 3.07. The summed E-state index contributed by atoms with van der Waals surface area (Å²) in [5.74, 6) is 1.31. The van der Waals surface area contributed by atoms with Crippen molar-refractivity contribution in [3.63, 3.8) is 0 Å². The van der Waals surface area contributed by atoms with E-state index in [1.807, 2.05) is 37.4 Å². The molecule has 2 aromatic heterocycles. The fraction of sp³-hybridized carbons (Fsp3) is 0.357. The highest BCUT2D eigenvalue weighted by atomic mass is 32.2. The summed E-state index contributed by atoms with van der Waals surface area (Å²) in [6.45, 7) is 3.87. The largest absolute Gasteiger partial charge is 0.437 e. The molecule has 0 amide bonds. The van der Waals surface area contributed by atoms with Crippen molar-refractivity contribution in [2.45, 2.75) is 23.8 Å². The fourth-order valence-corrected chi connectivity index (χ4v) is 6.54. The maximum atomic E-state index is 13.2. The molecule has 0 radical (unpaired) electrons. The molecule has 2 aromatic carbocycles. The first-order valence-electron chi connectivity index (χ1n) is 13.0. The first kappa shape index (κ1) is 25.0. The number of likely N-dealkylation sites (N-methyl/N-ethyl adjacent to an activating group) is 1. The van der Waals surface area contributed by atoms with E-state index in [9.17, 15) is 8.42 Å². The van der Waals surface area contributed by atoms with E-state index in [0.29, 0.717) is 36.9 Å². The van der Waals surface area contributed by atoms with Crippen molar-refractivity contribution >= 4 is 26.9 Å². The van der Waals surface area contributed by atoms with Gasteiger partial charge in [0.2, 0.25) is 15.7 Å². The van der Waals surface area contributed by atoms with Gasteiger partial charge in [-0.3, -0.25) is 0 Å². The average Bonchev–Trinajstić information content (AvgIpc) is 3.61. The number of aromatic nitrogens is 2. The lowest BCUT2D eigenvalue weighted by Crippen LogP contribution is -2.46. The zero-order valence-electron chi connectivity index (χ0n) is 21.3. The number of piperazine rings is 1. The van der Waals surface area contributed by atoms with Crippen LogP contribution in [0.15, 0.2) is 70.2 Å². The Morgan fingerprint density at radius 2 is 1.74 bits per heavy atom. The van der Waals surface area contributed by atoms with Gasteiger partial charge in [-0.2, -0.15) is 4.31 Å². The Labute approximate surface area is 222 Å². The number of nitrogens with zero attached hydrogens (tertiary/aromatic N) is 4. The molecule has 0 spiro atoms. The molecule has 4 heterocycles. The topological polar surface area (TPSA) is 101 Å². The molecule has 0 bridgehead atoms. The minimum absolute atomic E-state index is 0.154. The number of hydrogen-bond donors (Lipinski definition) is 1. The van der Waals surface area contributed by atoms with Crippen molar-refractivity contribution in [2.75, 3.05) is 51.7 Å². The van der Waals surface area contributed by atoms with E-state index in [2.05, 4.69) is 20.2 Å². The Morgan fingerprint density at radius 3 is 2.45 bits per heavy atom. The van der Waals surface area contributed by atoms with Gasteiger partial charge in [-0.1, -0.05) is 30.3 Å². The molecule has 1 N–H and O–H groups in total. The highest BCUT2D eigenvalue weighted by Crippen LogP contribution is 2.42. The van der Waals surface area contributed by atoms with Crippen LogP contribution in [0, 0.1) is 0 Å². The van der Waals surface area contributed by atoms with E-state index in [4.69, 9.17) is 9.15 Å². The SMILES string of the molecule is CN1CCN(S(=O)(=O)c2ccc(-c3oc4ncnc(NCC5CCCO5)c4c3-c3ccccc3)cc2)CC1. The molecule has 2 aliphatic heterocycles. The van der Waals surface area contributed by atoms with Crippen molar-refractivity contribution in [1.82, 2.24) is 19.2 Å². The molecule has 1 atom stereocenters. The highest BCUT2D eigenvalue weighted by Gasteiger charge is 2.28. The lowest BCUT2D eigenvalue weighted by molar-refractivity contribution is 0.120. The van der Waals surface area contributed by atoms with Gasteiger partial charge in [0.05, 0.1) is 16.4 Å². The number of ether oxygens (including phenoxy) is 1. The third-order valence-corrected chi connectivity index (χ3v) is 9.20. The number of furan rings is 1. The second kappa shape index (κ2) is 10.5. The second-order valence-electron chi connectivity index (χ2n) is 9.82. The van der Waals surface area contributed by atoms with Crippen molar-refractivity contribution in [3.05, 3.63) is 60.9 Å². The fourth-order valence-electron chi connectivity index (χ4n) is 5.12. The maximum Gasteiger partial charge on any atom is 0.243 e. The number of anilines is 1. The maximum absolute atomic E-state index is 13.2. The summed E-state index contributed by atoms with van der Waals surface area (Å²) in [6, 6.07) is 16.9. The first-order valence-corrected chi connectivity index (χ1v) is 14.4. The van der Waals surface area contributed by atoms with E-state index < -0.39 is 10.0 Å². The molecule has 6 rings (SSSR count). The summed E-state index contributed by atoms with van der Waals surface area (Å²) < 4.78 is 40.1. The van der Waals surface area contributed by atoms with Crippen LogP contribution < -0.4 is 5.32 Å². The van der Waals surface area contributed by atoms with Gasteiger partial charge in [-0.15, -0.1) is 0 Å². The molecule has 0 aliphatic carbocycles. The number of rotatable bonds is 7. The third-order valence-electron chi connectivity index (χ3n) is 7.29. The van der Waals surface area contributed by atoms with Gasteiger partial charge in [-0.05, 0) is 49.7 Å². The Morgan fingerprint density at radius 1 is 0.974 bits per heavy atom. The van der Waals surface area contributed by atoms with Crippen LogP contribution in [0.5, 0.6) is 0 Å². The van der Waals surface area contributed by atoms with Crippen LogP contribution >= 0.6 is 0 Å². The number of sulfonamides is 1. The van der Waals surface area contributed by atoms with Gasteiger partial charge in [-0.25, -0.2) is 18.4 Å². The van der Waals surface area contributed by atoms with Gasteiger partial charge in [0, 0.05) is 50.5 Å². The van der Waals surface area contributed by atoms with E-state index in [1.54, 1.807) is 28.6 Å². The summed E-state index contributed by atoms with van der Waals surface area (Å²) >= 11 is 0. The van der Waals surface area contributed by atoms with Crippen molar-refractivity contribution in [1.29, 1.82) is 0 Å². The van der Waals surface area contributed by atoms with Gasteiger partial charge >= 0.3 is 0 Å². The van der Waals surface area contributed by atoms with Gasteiger partial charge < -0.3 is 19.4 Å². The summed E-state index contributed by atoms with van der Waals surface area (Å²) in [5, 5.41) is 4.24. The molecule has 10 heteroatoms. The number of benzene rings is 2. The Bertz CT molecular complexity index is 1510. The lowest BCUT2D eigenvalue weighted by atomic mass is 9.99. The average molecular weight is 534 g/mol. The predicted octanol–water partition coefficient (Wildman–Crippen LogP) is 4.08. The van der Waals surface area contributed by atoms with Crippen LogP contribution in [0.4, 0.5) is 5.82 Å². The van der Waals surface area contributed by atoms with E-state index in [-0.39, 0.29) is 11.0 Å². The Kier molecular flexibility index (Phi) is 6.87. The van der Waals surface area contributed by atoms with Crippen LogP contribution in [0.25, 0.3) is 33.6 Å².